The summed E-state index contributed by atoms with van der Waals surface area (Å²) in [6.07, 6.45) is 5.90. The van der Waals surface area contributed by atoms with Gasteiger partial charge in [-0.25, -0.2) is 0 Å². The number of morpholine rings is 1. The lowest BCUT2D eigenvalue weighted by molar-refractivity contribution is -0.0445. The minimum atomic E-state index is 0.427. The molecule has 3 rings (SSSR count). The number of nitrogens with zero attached hydrogens (tertiary/aromatic N) is 2. The van der Waals surface area contributed by atoms with Gasteiger partial charge in [0.2, 0.25) is 0 Å². The van der Waals surface area contributed by atoms with E-state index in [4.69, 9.17) is 4.74 Å². The normalized spacial score (nSPS) is 38.1. The van der Waals surface area contributed by atoms with E-state index in [1.807, 2.05) is 0 Å². The lowest BCUT2D eigenvalue weighted by Gasteiger charge is -2.37. The van der Waals surface area contributed by atoms with Gasteiger partial charge in [-0.15, -0.1) is 0 Å². The summed E-state index contributed by atoms with van der Waals surface area (Å²) in [7, 11) is 0. The van der Waals surface area contributed by atoms with E-state index < -0.39 is 0 Å². The van der Waals surface area contributed by atoms with E-state index in [2.05, 4.69) is 22.0 Å². The second-order valence-electron chi connectivity index (χ2n) is 6.29. The van der Waals surface area contributed by atoms with Crippen molar-refractivity contribution in [1.82, 2.24) is 15.1 Å². The molecule has 0 spiro atoms. The average Bonchev–Trinajstić information content (AvgIpc) is 3.09. The quantitative estimate of drug-likeness (QED) is 0.820. The number of likely N-dealkylation sites (tertiary alicyclic amines) is 1. The first-order valence-corrected chi connectivity index (χ1v) is 8.18. The average molecular weight is 267 g/mol. The Morgan fingerprint density at radius 2 is 2.16 bits per heavy atom. The molecule has 0 saturated carbocycles. The summed E-state index contributed by atoms with van der Waals surface area (Å²) in [5.74, 6) is 0. The number of hydrogen-bond donors (Lipinski definition) is 1. The molecule has 4 nitrogen and oxygen atoms in total. The lowest BCUT2D eigenvalue weighted by Crippen LogP contribution is -2.51. The molecule has 0 radical (unpaired) electrons. The van der Waals surface area contributed by atoms with Gasteiger partial charge in [0, 0.05) is 31.7 Å². The van der Waals surface area contributed by atoms with Crippen molar-refractivity contribution in [3.05, 3.63) is 0 Å². The third-order valence-corrected chi connectivity index (χ3v) is 5.09. The largest absolute Gasteiger partial charge is 0.374 e. The van der Waals surface area contributed by atoms with Crippen LogP contribution in [0.1, 0.15) is 32.6 Å². The maximum atomic E-state index is 5.98. The Morgan fingerprint density at radius 3 is 2.95 bits per heavy atom. The van der Waals surface area contributed by atoms with Gasteiger partial charge >= 0.3 is 0 Å². The highest BCUT2D eigenvalue weighted by Gasteiger charge is 2.35. The van der Waals surface area contributed by atoms with Crippen LogP contribution in [0, 0.1) is 0 Å². The minimum absolute atomic E-state index is 0.427. The van der Waals surface area contributed by atoms with Crippen molar-refractivity contribution in [2.45, 2.75) is 50.8 Å². The van der Waals surface area contributed by atoms with Gasteiger partial charge < -0.3 is 10.1 Å². The fourth-order valence-electron chi connectivity index (χ4n) is 4.01. The van der Waals surface area contributed by atoms with Gasteiger partial charge in [0.15, 0.2) is 0 Å². The summed E-state index contributed by atoms with van der Waals surface area (Å²) >= 11 is 0. The van der Waals surface area contributed by atoms with E-state index in [-0.39, 0.29) is 0 Å². The number of likely N-dealkylation sites (N-methyl/N-ethyl adjacent to an activating group) is 1. The highest BCUT2D eigenvalue weighted by molar-refractivity contribution is 4.93. The summed E-state index contributed by atoms with van der Waals surface area (Å²) in [5.41, 5.74) is 0. The van der Waals surface area contributed by atoms with Gasteiger partial charge in [-0.1, -0.05) is 6.92 Å². The van der Waals surface area contributed by atoms with E-state index in [9.17, 15) is 0 Å². The van der Waals surface area contributed by atoms with Crippen molar-refractivity contribution in [3.63, 3.8) is 0 Å². The van der Waals surface area contributed by atoms with E-state index in [1.165, 1.54) is 38.8 Å². The van der Waals surface area contributed by atoms with Crippen molar-refractivity contribution in [2.75, 3.05) is 45.9 Å². The molecular formula is C15H29N3O. The van der Waals surface area contributed by atoms with Crippen LogP contribution >= 0.6 is 0 Å². The molecule has 0 amide bonds. The molecule has 4 heteroatoms. The highest BCUT2D eigenvalue weighted by Crippen LogP contribution is 2.25. The summed E-state index contributed by atoms with van der Waals surface area (Å²) < 4.78 is 5.98. The molecule has 0 aromatic rings. The van der Waals surface area contributed by atoms with Gasteiger partial charge in [0.05, 0.1) is 12.7 Å². The van der Waals surface area contributed by atoms with Crippen molar-refractivity contribution in [3.8, 4) is 0 Å². The molecule has 19 heavy (non-hydrogen) atoms. The van der Waals surface area contributed by atoms with Crippen LogP contribution in [0.4, 0.5) is 0 Å². The van der Waals surface area contributed by atoms with Crippen LogP contribution in [-0.4, -0.2) is 73.9 Å². The maximum Gasteiger partial charge on any atom is 0.0829 e. The first-order chi connectivity index (χ1) is 9.36. The molecule has 3 aliphatic rings. The predicted octanol–water partition coefficient (Wildman–Crippen LogP) is 0.923. The Kier molecular flexibility index (Phi) is 4.74. The van der Waals surface area contributed by atoms with Gasteiger partial charge in [0.25, 0.3) is 0 Å². The van der Waals surface area contributed by atoms with Crippen LogP contribution in [0.5, 0.6) is 0 Å². The van der Waals surface area contributed by atoms with Crippen molar-refractivity contribution >= 4 is 0 Å². The number of rotatable bonds is 4. The van der Waals surface area contributed by atoms with Gasteiger partial charge in [0.1, 0.15) is 0 Å². The van der Waals surface area contributed by atoms with Gasteiger partial charge in [-0.05, 0) is 45.3 Å². The summed E-state index contributed by atoms with van der Waals surface area (Å²) in [6, 6.07) is 1.51. The molecule has 3 atom stereocenters. The van der Waals surface area contributed by atoms with Crippen molar-refractivity contribution in [2.24, 2.45) is 0 Å². The molecule has 0 aromatic carbocycles. The van der Waals surface area contributed by atoms with E-state index in [0.717, 1.165) is 44.9 Å². The molecule has 0 aliphatic carbocycles. The number of nitrogens with one attached hydrogen (secondary N) is 1. The molecular weight excluding hydrogens is 238 g/mol. The zero-order valence-corrected chi connectivity index (χ0v) is 12.3. The van der Waals surface area contributed by atoms with Crippen molar-refractivity contribution < 1.29 is 4.74 Å². The molecule has 3 aliphatic heterocycles. The Morgan fingerprint density at radius 1 is 1.21 bits per heavy atom. The molecule has 3 fully saturated rings. The van der Waals surface area contributed by atoms with Crippen LogP contribution in [0.2, 0.25) is 0 Å². The molecule has 1 N–H and O–H groups in total. The third kappa shape index (κ3) is 3.30. The summed E-state index contributed by atoms with van der Waals surface area (Å²) in [5, 5.41) is 3.69. The van der Waals surface area contributed by atoms with E-state index in [1.54, 1.807) is 0 Å². The fourth-order valence-corrected chi connectivity index (χ4v) is 4.01. The molecule has 0 aromatic heterocycles. The Bertz CT molecular complexity index is 281. The van der Waals surface area contributed by atoms with E-state index in [0.29, 0.717) is 6.10 Å². The van der Waals surface area contributed by atoms with Gasteiger partial charge in [-0.2, -0.15) is 0 Å². The monoisotopic (exact) mass is 267 g/mol. The Balaban J connectivity index is 1.53. The molecule has 3 heterocycles. The molecule has 0 bridgehead atoms. The van der Waals surface area contributed by atoms with E-state index >= 15 is 0 Å². The minimum Gasteiger partial charge on any atom is -0.374 e. The molecule has 3 unspecified atom stereocenters. The number of ether oxygens (including phenoxy) is 1. The standard InChI is InChI=1S/C15H29N3O/c1-2-17-9-10-19-13(11-17)12-18-8-4-6-15(18)14-5-3-7-16-14/h13-16H,2-12H2,1H3. The van der Waals surface area contributed by atoms with Crippen LogP contribution in [0.3, 0.4) is 0 Å². The van der Waals surface area contributed by atoms with Crippen LogP contribution in [0.15, 0.2) is 0 Å². The molecule has 3 saturated heterocycles. The SMILES string of the molecule is CCN1CCOC(CN2CCCC2C2CCCN2)C1. The summed E-state index contributed by atoms with van der Waals surface area (Å²) in [4.78, 5) is 5.22. The second kappa shape index (κ2) is 6.53. The Labute approximate surface area is 117 Å². The lowest BCUT2D eigenvalue weighted by atomic mass is 10.0. The first kappa shape index (κ1) is 13.8. The third-order valence-electron chi connectivity index (χ3n) is 5.09. The highest BCUT2D eigenvalue weighted by atomic mass is 16.5. The zero-order valence-electron chi connectivity index (χ0n) is 12.3. The first-order valence-electron chi connectivity index (χ1n) is 8.18. The smallest absolute Gasteiger partial charge is 0.0829 e. The fraction of sp³-hybridized carbons (Fsp3) is 1.00. The maximum absolute atomic E-state index is 5.98. The Hall–Kier alpha value is -0.160. The summed E-state index contributed by atoms with van der Waals surface area (Å²) in [6.45, 7) is 10.2. The molecule has 110 valence electrons. The predicted molar refractivity (Wildman–Crippen MR) is 77.5 cm³/mol. The van der Waals surface area contributed by atoms with Crippen molar-refractivity contribution in [1.29, 1.82) is 0 Å². The van der Waals surface area contributed by atoms with Crippen LogP contribution < -0.4 is 5.32 Å². The number of hydrogen-bond acceptors (Lipinski definition) is 4. The van der Waals surface area contributed by atoms with Crippen LogP contribution in [0.25, 0.3) is 0 Å². The zero-order chi connectivity index (χ0) is 13.1. The topological polar surface area (TPSA) is 27.7 Å². The second-order valence-corrected chi connectivity index (χ2v) is 6.29. The van der Waals surface area contributed by atoms with Gasteiger partial charge in [-0.3, -0.25) is 9.80 Å². The van der Waals surface area contributed by atoms with Crippen LogP contribution in [-0.2, 0) is 4.74 Å².